The lowest BCUT2D eigenvalue weighted by Crippen LogP contribution is -2.32. The summed E-state index contributed by atoms with van der Waals surface area (Å²) in [6, 6.07) is 11.4. The van der Waals surface area contributed by atoms with Gasteiger partial charge in [0.15, 0.2) is 6.10 Å². The number of amides is 1. The van der Waals surface area contributed by atoms with Crippen molar-refractivity contribution in [3.63, 3.8) is 0 Å². The van der Waals surface area contributed by atoms with Crippen molar-refractivity contribution in [2.24, 2.45) is 5.92 Å². The van der Waals surface area contributed by atoms with Gasteiger partial charge in [0.2, 0.25) is 11.7 Å². The zero-order valence-electron chi connectivity index (χ0n) is 17.7. The topological polar surface area (TPSA) is 82.1 Å². The number of rotatable bonds is 9. The first-order chi connectivity index (χ1) is 15.4. The normalized spacial score (nSPS) is 16.6. The number of hydrogen-bond donors (Lipinski definition) is 0. The summed E-state index contributed by atoms with van der Waals surface area (Å²) in [5.74, 6) is -0.813. The maximum Gasteiger partial charge on any atom is 0.312 e. The maximum absolute atomic E-state index is 12.8. The monoisotopic (exact) mass is 479 g/mol. The van der Waals surface area contributed by atoms with E-state index in [1.165, 1.54) is 19.1 Å². The smallest absolute Gasteiger partial charge is 0.312 e. The molecule has 2 aromatic rings. The number of carbonyl (C=O) groups excluding carboxylic acids is 3. The Morgan fingerprint density at radius 2 is 1.84 bits per heavy atom. The van der Waals surface area contributed by atoms with Crippen LogP contribution in [0.3, 0.4) is 0 Å². The van der Waals surface area contributed by atoms with Gasteiger partial charge in [0.1, 0.15) is 11.5 Å². The molecule has 32 heavy (non-hydrogen) atoms. The van der Waals surface area contributed by atoms with E-state index in [2.05, 4.69) is 0 Å². The third-order valence-electron chi connectivity index (χ3n) is 5.19. The van der Waals surface area contributed by atoms with Gasteiger partial charge in [-0.25, -0.2) is 0 Å². The van der Waals surface area contributed by atoms with Crippen molar-refractivity contribution in [3.05, 3.63) is 53.1 Å². The first kappa shape index (κ1) is 23.9. The van der Waals surface area contributed by atoms with Crippen LogP contribution >= 0.6 is 23.2 Å². The number of nitrogens with zero attached hydrogens (tertiary/aromatic N) is 1. The second-order valence-corrected chi connectivity index (χ2v) is 8.03. The molecule has 0 bridgehead atoms. The molecule has 170 valence electrons. The third-order valence-corrected chi connectivity index (χ3v) is 5.66. The summed E-state index contributed by atoms with van der Waals surface area (Å²) in [5, 5.41) is 0.491. The number of ketones is 1. The van der Waals surface area contributed by atoms with Crippen LogP contribution in [-0.2, 0) is 14.3 Å². The predicted molar refractivity (Wildman–Crippen MR) is 121 cm³/mol. The maximum atomic E-state index is 12.8. The van der Waals surface area contributed by atoms with Gasteiger partial charge < -0.3 is 19.1 Å². The Kier molecular flexibility index (Phi) is 7.99. The van der Waals surface area contributed by atoms with Crippen LogP contribution in [0, 0.1) is 5.92 Å². The average molecular weight is 480 g/mol. The van der Waals surface area contributed by atoms with E-state index >= 15 is 0 Å². The van der Waals surface area contributed by atoms with E-state index in [1.807, 2.05) is 0 Å². The lowest BCUT2D eigenvalue weighted by atomic mass is 10.0. The fraction of sp³-hybridized carbons (Fsp3) is 0.348. The van der Waals surface area contributed by atoms with E-state index in [4.69, 9.17) is 37.4 Å². The Morgan fingerprint density at radius 3 is 2.47 bits per heavy atom. The highest BCUT2D eigenvalue weighted by Crippen LogP contribution is 2.36. The summed E-state index contributed by atoms with van der Waals surface area (Å²) in [6.45, 7) is 0.101. The highest BCUT2D eigenvalue weighted by atomic mass is 35.5. The molecule has 7 nitrogen and oxygen atoms in total. The first-order valence-corrected chi connectivity index (χ1v) is 10.9. The van der Waals surface area contributed by atoms with E-state index in [0.717, 1.165) is 0 Å². The lowest BCUT2D eigenvalue weighted by Gasteiger charge is -2.21. The number of hydrogen-bond acceptors (Lipinski definition) is 6. The molecule has 0 aromatic heterocycles. The molecule has 0 N–H and O–H groups in total. The second kappa shape index (κ2) is 10.7. The minimum absolute atomic E-state index is 0.0398. The van der Waals surface area contributed by atoms with Crippen molar-refractivity contribution in [1.82, 2.24) is 0 Å². The van der Waals surface area contributed by atoms with E-state index < -0.39 is 18.0 Å². The van der Waals surface area contributed by atoms with Gasteiger partial charge in [-0.3, -0.25) is 14.4 Å². The number of methoxy groups -OCH3 is 2. The number of alkyl halides is 1. The van der Waals surface area contributed by atoms with Crippen molar-refractivity contribution < 1.29 is 28.6 Å². The largest absolute Gasteiger partial charge is 0.497 e. The molecule has 9 heteroatoms. The van der Waals surface area contributed by atoms with Crippen molar-refractivity contribution >= 4 is 46.5 Å². The Bertz CT molecular complexity index is 994. The van der Waals surface area contributed by atoms with Gasteiger partial charge in [0.25, 0.3) is 0 Å². The quantitative estimate of drug-likeness (QED) is 0.305. The SMILES string of the molecule is COc1ccc(OC)c(N2C[C@@H](C(=O)O[C@H](CCCl)C(=O)c3ccc(Cl)cc3)CC2=O)c1. The van der Waals surface area contributed by atoms with Crippen molar-refractivity contribution in [2.75, 3.05) is 31.5 Å². The zero-order chi connectivity index (χ0) is 23.3. The predicted octanol–water partition coefficient (Wildman–Crippen LogP) is 4.13. The van der Waals surface area contributed by atoms with E-state index in [1.54, 1.807) is 42.5 Å². The van der Waals surface area contributed by atoms with Gasteiger partial charge in [0, 0.05) is 41.9 Å². The minimum Gasteiger partial charge on any atom is -0.497 e. The molecular formula is C23H23Cl2NO6. The second-order valence-electron chi connectivity index (χ2n) is 7.22. The summed E-state index contributed by atoms with van der Waals surface area (Å²) in [5.41, 5.74) is 0.865. The molecule has 1 amide bonds. The van der Waals surface area contributed by atoms with E-state index in [-0.39, 0.29) is 37.0 Å². The molecular weight excluding hydrogens is 457 g/mol. The number of ether oxygens (including phenoxy) is 3. The van der Waals surface area contributed by atoms with E-state index in [0.29, 0.717) is 27.8 Å². The summed E-state index contributed by atoms with van der Waals surface area (Å²) in [4.78, 5) is 39.8. The molecule has 3 rings (SSSR count). The molecule has 0 radical (unpaired) electrons. The zero-order valence-corrected chi connectivity index (χ0v) is 19.2. The van der Waals surface area contributed by atoms with Crippen molar-refractivity contribution in [3.8, 4) is 11.5 Å². The van der Waals surface area contributed by atoms with Gasteiger partial charge in [0.05, 0.1) is 25.8 Å². The molecule has 0 unspecified atom stereocenters. The molecule has 0 aliphatic carbocycles. The van der Waals surface area contributed by atoms with Gasteiger partial charge in [-0.05, 0) is 36.4 Å². The average Bonchev–Trinajstić information content (AvgIpc) is 3.19. The number of Topliss-reactive ketones (excluding diaryl/α,β-unsaturated/α-hetero) is 1. The fourth-order valence-electron chi connectivity index (χ4n) is 3.49. The Hall–Kier alpha value is -2.77. The number of benzene rings is 2. The van der Waals surface area contributed by atoms with Gasteiger partial charge in [-0.2, -0.15) is 0 Å². The summed E-state index contributed by atoms with van der Waals surface area (Å²) in [6.07, 6.45) is -0.929. The Morgan fingerprint density at radius 1 is 1.12 bits per heavy atom. The van der Waals surface area contributed by atoms with Crippen molar-refractivity contribution in [2.45, 2.75) is 18.9 Å². The van der Waals surface area contributed by atoms with Crippen LogP contribution in [0.15, 0.2) is 42.5 Å². The molecule has 1 aliphatic rings. The summed E-state index contributed by atoms with van der Waals surface area (Å²) >= 11 is 11.7. The molecule has 2 aromatic carbocycles. The molecule has 1 fully saturated rings. The van der Waals surface area contributed by atoms with Crippen LogP contribution in [0.4, 0.5) is 5.69 Å². The van der Waals surface area contributed by atoms with Crippen LogP contribution in [0.5, 0.6) is 11.5 Å². The van der Waals surface area contributed by atoms with E-state index in [9.17, 15) is 14.4 Å². The van der Waals surface area contributed by atoms with Crippen LogP contribution in [0.2, 0.25) is 5.02 Å². The van der Waals surface area contributed by atoms with Gasteiger partial charge in [-0.15, -0.1) is 11.6 Å². The number of carbonyl (C=O) groups is 3. The van der Waals surface area contributed by atoms with Crippen LogP contribution in [-0.4, -0.2) is 50.4 Å². The van der Waals surface area contributed by atoms with Crippen LogP contribution in [0.1, 0.15) is 23.2 Å². The Labute approximate surface area is 196 Å². The van der Waals surface area contributed by atoms with Gasteiger partial charge >= 0.3 is 5.97 Å². The third kappa shape index (κ3) is 5.34. The van der Waals surface area contributed by atoms with Crippen LogP contribution < -0.4 is 14.4 Å². The fourth-order valence-corrected chi connectivity index (χ4v) is 3.81. The first-order valence-electron chi connectivity index (χ1n) is 9.96. The van der Waals surface area contributed by atoms with Crippen molar-refractivity contribution in [1.29, 1.82) is 0 Å². The summed E-state index contributed by atoms with van der Waals surface area (Å²) < 4.78 is 16.1. The lowest BCUT2D eigenvalue weighted by molar-refractivity contribution is -0.151. The highest BCUT2D eigenvalue weighted by Gasteiger charge is 2.39. The highest BCUT2D eigenvalue weighted by molar-refractivity contribution is 6.30. The molecule has 0 saturated carbocycles. The standard InChI is InChI=1S/C23H23Cl2NO6/c1-30-17-7-8-19(31-2)18(12-17)26-13-15(11-21(26)27)23(29)32-20(9-10-24)22(28)14-3-5-16(25)6-4-14/h3-8,12,15,20H,9-11,13H2,1-2H3/t15-,20+/m0/s1. The molecule has 1 saturated heterocycles. The van der Waals surface area contributed by atoms with Gasteiger partial charge in [-0.1, -0.05) is 11.6 Å². The molecule has 2 atom stereocenters. The minimum atomic E-state index is -1.04. The molecule has 1 aliphatic heterocycles. The Balaban J connectivity index is 1.74. The van der Waals surface area contributed by atoms with Crippen LogP contribution in [0.25, 0.3) is 0 Å². The molecule has 0 spiro atoms. The molecule has 1 heterocycles. The number of anilines is 1. The number of esters is 1. The number of halogens is 2. The summed E-state index contributed by atoms with van der Waals surface area (Å²) in [7, 11) is 3.02.